The fourth-order valence-electron chi connectivity index (χ4n) is 2.19. The maximum Gasteiger partial charge on any atom is 0.345 e. The number of carbonyl (C=O) groups excluding carboxylic acids is 2. The van der Waals surface area contributed by atoms with Crippen LogP contribution in [0.4, 0.5) is 5.69 Å². The van der Waals surface area contributed by atoms with Gasteiger partial charge >= 0.3 is 5.97 Å². The van der Waals surface area contributed by atoms with Gasteiger partial charge in [-0.25, -0.2) is 4.79 Å². The van der Waals surface area contributed by atoms with Gasteiger partial charge in [-0.15, -0.1) is 0 Å². The molecule has 25 heavy (non-hydrogen) atoms. The summed E-state index contributed by atoms with van der Waals surface area (Å²) in [5.41, 5.74) is -0.515. The van der Waals surface area contributed by atoms with Crippen molar-refractivity contribution in [3.63, 3.8) is 0 Å². The van der Waals surface area contributed by atoms with Crippen molar-refractivity contribution in [3.8, 4) is 11.5 Å². The smallest absolute Gasteiger partial charge is 0.345 e. The second-order valence-corrected chi connectivity index (χ2v) is 5.42. The largest absolute Gasteiger partial charge is 0.454 e. The van der Waals surface area contributed by atoms with Gasteiger partial charge in [0.05, 0.1) is 4.92 Å². The second-order valence-electron chi connectivity index (χ2n) is 4.99. The van der Waals surface area contributed by atoms with Gasteiger partial charge < -0.3 is 14.2 Å². The van der Waals surface area contributed by atoms with E-state index < -0.39 is 29.0 Å². The highest BCUT2D eigenvalue weighted by atomic mass is 35.5. The van der Waals surface area contributed by atoms with E-state index in [9.17, 15) is 19.7 Å². The molecular weight excluding hydrogens is 354 g/mol. The van der Waals surface area contributed by atoms with Gasteiger partial charge in [0.2, 0.25) is 6.79 Å². The van der Waals surface area contributed by atoms with Crippen molar-refractivity contribution < 1.29 is 28.7 Å². The van der Waals surface area contributed by atoms with Gasteiger partial charge in [-0.2, -0.15) is 0 Å². The van der Waals surface area contributed by atoms with E-state index in [0.29, 0.717) is 11.5 Å². The van der Waals surface area contributed by atoms with Crippen molar-refractivity contribution in [2.75, 3.05) is 13.4 Å². The number of rotatable bonds is 5. The van der Waals surface area contributed by atoms with Crippen LogP contribution in [0.25, 0.3) is 0 Å². The minimum absolute atomic E-state index is 0.0698. The Balaban J connectivity index is 1.71. The van der Waals surface area contributed by atoms with Crippen LogP contribution < -0.4 is 9.47 Å². The van der Waals surface area contributed by atoms with Crippen LogP contribution >= 0.6 is 11.6 Å². The molecule has 0 amide bonds. The third-order valence-electron chi connectivity index (χ3n) is 3.40. The molecule has 0 saturated carbocycles. The van der Waals surface area contributed by atoms with Gasteiger partial charge in [0, 0.05) is 16.7 Å². The van der Waals surface area contributed by atoms with Crippen molar-refractivity contribution >= 4 is 29.0 Å². The molecule has 2 aromatic rings. The van der Waals surface area contributed by atoms with Crippen molar-refractivity contribution in [3.05, 3.63) is 62.7 Å². The van der Waals surface area contributed by atoms with Crippen LogP contribution in [-0.2, 0) is 4.74 Å². The van der Waals surface area contributed by atoms with Gasteiger partial charge in [-0.05, 0) is 30.3 Å². The monoisotopic (exact) mass is 363 g/mol. The van der Waals surface area contributed by atoms with Crippen LogP contribution in [0.3, 0.4) is 0 Å². The minimum atomic E-state index is -1.01. The first-order valence-electron chi connectivity index (χ1n) is 6.99. The zero-order chi connectivity index (χ0) is 18.0. The lowest BCUT2D eigenvalue weighted by Gasteiger charge is -2.06. The SMILES string of the molecule is O=C(COC(=O)c1cc(Cl)ccc1[N+](=O)[O-])c1ccc2c(c1)OCO2. The maximum absolute atomic E-state index is 12.1. The van der Waals surface area contributed by atoms with Crippen LogP contribution in [0.5, 0.6) is 11.5 Å². The molecule has 0 bridgehead atoms. The minimum Gasteiger partial charge on any atom is -0.454 e. The summed E-state index contributed by atoms with van der Waals surface area (Å²) in [7, 11) is 0. The van der Waals surface area contributed by atoms with E-state index in [1.165, 1.54) is 18.2 Å². The highest BCUT2D eigenvalue weighted by Gasteiger charge is 2.23. The molecule has 8 nitrogen and oxygen atoms in total. The van der Waals surface area contributed by atoms with Gasteiger partial charge in [0.1, 0.15) is 5.56 Å². The summed E-state index contributed by atoms with van der Waals surface area (Å²) < 4.78 is 15.2. The van der Waals surface area contributed by atoms with Gasteiger partial charge in [-0.1, -0.05) is 11.6 Å². The number of halogens is 1. The quantitative estimate of drug-likeness (QED) is 0.348. The Bertz CT molecular complexity index is 881. The van der Waals surface area contributed by atoms with Crippen molar-refractivity contribution in [1.82, 2.24) is 0 Å². The third kappa shape index (κ3) is 3.53. The summed E-state index contributed by atoms with van der Waals surface area (Å²) in [6.45, 7) is -0.511. The summed E-state index contributed by atoms with van der Waals surface area (Å²) in [6, 6.07) is 8.05. The third-order valence-corrected chi connectivity index (χ3v) is 3.64. The first kappa shape index (κ1) is 16.7. The summed E-state index contributed by atoms with van der Waals surface area (Å²) in [4.78, 5) is 34.4. The van der Waals surface area contributed by atoms with E-state index in [-0.39, 0.29) is 22.9 Å². The predicted octanol–water partition coefficient (Wildman–Crippen LogP) is 3.02. The number of fused-ring (bicyclic) bond motifs is 1. The number of ketones is 1. The molecule has 0 N–H and O–H groups in total. The van der Waals surface area contributed by atoms with E-state index >= 15 is 0 Å². The number of benzene rings is 2. The summed E-state index contributed by atoms with van der Waals surface area (Å²) >= 11 is 5.76. The molecule has 3 rings (SSSR count). The molecule has 0 saturated heterocycles. The lowest BCUT2D eigenvalue weighted by atomic mass is 10.1. The van der Waals surface area contributed by atoms with Crippen molar-refractivity contribution in [2.45, 2.75) is 0 Å². The Morgan fingerprint density at radius 1 is 1.16 bits per heavy atom. The van der Waals surface area contributed by atoms with E-state index in [0.717, 1.165) is 12.1 Å². The van der Waals surface area contributed by atoms with E-state index in [2.05, 4.69) is 0 Å². The van der Waals surface area contributed by atoms with Crippen molar-refractivity contribution in [2.24, 2.45) is 0 Å². The molecular formula is C16H10ClNO7. The molecule has 0 fully saturated rings. The van der Waals surface area contributed by atoms with E-state index in [4.69, 9.17) is 25.8 Å². The number of ether oxygens (including phenoxy) is 3. The first-order chi connectivity index (χ1) is 12.0. The van der Waals surface area contributed by atoms with Crippen LogP contribution in [0.15, 0.2) is 36.4 Å². The standard InChI is InChI=1S/C16H10ClNO7/c17-10-2-3-12(18(21)22)11(6-10)16(20)23-7-13(19)9-1-4-14-15(5-9)25-8-24-14/h1-6H,7-8H2. The number of hydrogen-bond donors (Lipinski definition) is 0. The predicted molar refractivity (Wildman–Crippen MR) is 85.3 cm³/mol. The number of esters is 1. The lowest BCUT2D eigenvalue weighted by Crippen LogP contribution is -2.15. The lowest BCUT2D eigenvalue weighted by molar-refractivity contribution is -0.385. The molecule has 0 unspecified atom stereocenters. The Morgan fingerprint density at radius 2 is 1.92 bits per heavy atom. The first-order valence-corrected chi connectivity index (χ1v) is 7.37. The molecule has 2 aromatic carbocycles. The Labute approximate surface area is 146 Å². The Morgan fingerprint density at radius 3 is 2.68 bits per heavy atom. The normalized spacial score (nSPS) is 11.9. The number of nitro groups is 1. The molecule has 0 spiro atoms. The zero-order valence-corrected chi connectivity index (χ0v) is 13.3. The van der Waals surface area contributed by atoms with E-state index in [1.807, 2.05) is 0 Å². The topological polar surface area (TPSA) is 105 Å². The molecule has 0 radical (unpaired) electrons. The maximum atomic E-state index is 12.1. The molecule has 1 heterocycles. The fourth-order valence-corrected chi connectivity index (χ4v) is 2.37. The molecule has 1 aliphatic rings. The summed E-state index contributed by atoms with van der Waals surface area (Å²) in [5.74, 6) is -0.564. The zero-order valence-electron chi connectivity index (χ0n) is 12.6. The van der Waals surface area contributed by atoms with E-state index in [1.54, 1.807) is 6.07 Å². The molecule has 0 aromatic heterocycles. The number of Topliss-reactive ketones (excluding diaryl/α,β-unsaturated/α-hetero) is 1. The average molecular weight is 364 g/mol. The molecule has 128 valence electrons. The van der Waals surface area contributed by atoms with Gasteiger partial charge in [0.15, 0.2) is 23.9 Å². The van der Waals surface area contributed by atoms with Crippen LogP contribution in [0.2, 0.25) is 5.02 Å². The van der Waals surface area contributed by atoms with Crippen LogP contribution in [0, 0.1) is 10.1 Å². The molecule has 1 aliphatic heterocycles. The Kier molecular flexibility index (Phi) is 4.53. The number of nitro benzene ring substituents is 1. The van der Waals surface area contributed by atoms with Crippen LogP contribution in [-0.4, -0.2) is 30.1 Å². The summed E-state index contributed by atoms with van der Waals surface area (Å²) in [6.07, 6.45) is 0. The second kappa shape index (κ2) is 6.78. The number of nitrogens with zero attached hydrogens (tertiary/aromatic N) is 1. The number of carbonyl (C=O) groups is 2. The highest BCUT2D eigenvalue weighted by Crippen LogP contribution is 2.32. The molecule has 0 atom stereocenters. The van der Waals surface area contributed by atoms with Gasteiger partial charge in [-0.3, -0.25) is 14.9 Å². The van der Waals surface area contributed by atoms with Crippen molar-refractivity contribution in [1.29, 1.82) is 0 Å². The fraction of sp³-hybridized carbons (Fsp3) is 0.125. The molecule has 0 aliphatic carbocycles. The number of hydrogen-bond acceptors (Lipinski definition) is 7. The molecule has 9 heteroatoms. The highest BCUT2D eigenvalue weighted by molar-refractivity contribution is 6.31. The summed E-state index contributed by atoms with van der Waals surface area (Å²) in [5, 5.41) is 11.1. The van der Waals surface area contributed by atoms with Gasteiger partial charge in [0.25, 0.3) is 5.69 Å². The van der Waals surface area contributed by atoms with Crippen LogP contribution in [0.1, 0.15) is 20.7 Å². The Hall–Kier alpha value is -3.13. The average Bonchev–Trinajstić information content (AvgIpc) is 3.06.